The van der Waals surface area contributed by atoms with Gasteiger partial charge in [-0.15, -0.1) is 0 Å². The number of hydrogen-bond donors (Lipinski definition) is 2. The van der Waals surface area contributed by atoms with Crippen LogP contribution in [-0.2, 0) is 6.54 Å². The summed E-state index contributed by atoms with van der Waals surface area (Å²) in [6, 6.07) is 6.06. The number of hydrogen-bond acceptors (Lipinski definition) is 3. The Morgan fingerprint density at radius 3 is 2.62 bits per heavy atom. The lowest BCUT2D eigenvalue weighted by molar-refractivity contribution is 0.0281. The fraction of sp³-hybridized carbons (Fsp3) is 0.538. The first-order valence-corrected chi connectivity index (χ1v) is 5.52. The molecule has 0 heterocycles. The number of aryl methyl sites for hydroxylation is 1. The van der Waals surface area contributed by atoms with Crippen LogP contribution in [0, 0.1) is 6.92 Å². The highest BCUT2D eigenvalue weighted by Gasteiger charge is 2.14. The summed E-state index contributed by atoms with van der Waals surface area (Å²) in [5, 5.41) is 12.7. The molecule has 0 saturated carbocycles. The molecule has 0 radical (unpaired) electrons. The Balaban J connectivity index is 2.78. The van der Waals surface area contributed by atoms with E-state index in [0.29, 0.717) is 6.61 Å². The van der Waals surface area contributed by atoms with Crippen LogP contribution in [0.25, 0.3) is 0 Å². The molecule has 2 N–H and O–H groups in total. The summed E-state index contributed by atoms with van der Waals surface area (Å²) in [6.07, 6.45) is 0. The molecule has 0 aliphatic carbocycles. The van der Waals surface area contributed by atoms with E-state index in [9.17, 15) is 5.11 Å². The van der Waals surface area contributed by atoms with Gasteiger partial charge in [0.1, 0.15) is 12.4 Å². The number of benzene rings is 1. The van der Waals surface area contributed by atoms with Crippen molar-refractivity contribution < 1.29 is 9.84 Å². The first kappa shape index (κ1) is 13.0. The minimum atomic E-state index is -0.804. The number of nitrogens with one attached hydrogen (secondary N) is 1. The van der Waals surface area contributed by atoms with Crippen LogP contribution in [0.4, 0.5) is 0 Å². The van der Waals surface area contributed by atoms with E-state index in [-0.39, 0.29) is 0 Å². The molecule has 3 nitrogen and oxygen atoms in total. The Kier molecular flexibility index (Phi) is 4.33. The second-order valence-corrected chi connectivity index (χ2v) is 4.74. The van der Waals surface area contributed by atoms with Crippen molar-refractivity contribution in [2.45, 2.75) is 32.9 Å². The van der Waals surface area contributed by atoms with E-state index in [1.54, 1.807) is 13.8 Å². The van der Waals surface area contributed by atoms with Gasteiger partial charge < -0.3 is 15.2 Å². The predicted octanol–water partition coefficient (Wildman–Crippen LogP) is 1.86. The first-order chi connectivity index (χ1) is 7.42. The van der Waals surface area contributed by atoms with E-state index >= 15 is 0 Å². The van der Waals surface area contributed by atoms with Crippen molar-refractivity contribution >= 4 is 0 Å². The van der Waals surface area contributed by atoms with Gasteiger partial charge in [0.05, 0.1) is 5.60 Å². The molecule has 0 atom stereocenters. The van der Waals surface area contributed by atoms with Gasteiger partial charge in [0.15, 0.2) is 0 Å². The van der Waals surface area contributed by atoms with Gasteiger partial charge in [-0.3, -0.25) is 0 Å². The standard InChI is InChI=1S/C13H21NO2/c1-10-5-6-12(11(7-10)8-14-4)16-9-13(2,3)15/h5-7,14-15H,8-9H2,1-4H3. The van der Waals surface area contributed by atoms with E-state index in [1.807, 2.05) is 19.2 Å². The molecule has 1 aromatic rings. The van der Waals surface area contributed by atoms with E-state index in [2.05, 4.69) is 18.3 Å². The average molecular weight is 223 g/mol. The summed E-state index contributed by atoms with van der Waals surface area (Å²) in [5.74, 6) is 0.835. The van der Waals surface area contributed by atoms with Crippen LogP contribution >= 0.6 is 0 Å². The molecule has 0 aliphatic heterocycles. The van der Waals surface area contributed by atoms with Crippen molar-refractivity contribution in [3.63, 3.8) is 0 Å². The molecule has 0 fully saturated rings. The van der Waals surface area contributed by atoms with Crippen LogP contribution in [0.2, 0.25) is 0 Å². The zero-order chi connectivity index (χ0) is 12.2. The maximum atomic E-state index is 9.61. The Hall–Kier alpha value is -1.06. The first-order valence-electron chi connectivity index (χ1n) is 5.52. The average Bonchev–Trinajstić information content (AvgIpc) is 2.15. The van der Waals surface area contributed by atoms with E-state index in [1.165, 1.54) is 5.56 Å². The van der Waals surface area contributed by atoms with Gasteiger partial charge in [0, 0.05) is 12.1 Å². The van der Waals surface area contributed by atoms with E-state index in [4.69, 9.17) is 4.74 Å². The Labute approximate surface area is 97.4 Å². The predicted molar refractivity (Wildman–Crippen MR) is 65.7 cm³/mol. The third-order valence-corrected chi connectivity index (χ3v) is 2.16. The summed E-state index contributed by atoms with van der Waals surface area (Å²) in [4.78, 5) is 0. The largest absolute Gasteiger partial charge is 0.490 e. The molecule has 3 heteroatoms. The van der Waals surface area contributed by atoms with Crippen molar-refractivity contribution in [3.05, 3.63) is 29.3 Å². The highest BCUT2D eigenvalue weighted by atomic mass is 16.5. The molecule has 0 aliphatic rings. The third kappa shape index (κ3) is 4.21. The zero-order valence-electron chi connectivity index (χ0n) is 10.5. The maximum absolute atomic E-state index is 9.61. The molecular weight excluding hydrogens is 202 g/mol. The van der Waals surface area contributed by atoms with E-state index in [0.717, 1.165) is 17.9 Å². The fourth-order valence-electron chi connectivity index (χ4n) is 1.43. The van der Waals surface area contributed by atoms with Gasteiger partial charge in [-0.1, -0.05) is 17.7 Å². The van der Waals surface area contributed by atoms with Crippen molar-refractivity contribution in [1.29, 1.82) is 0 Å². The number of aliphatic hydroxyl groups is 1. The van der Waals surface area contributed by atoms with Crippen LogP contribution in [0.1, 0.15) is 25.0 Å². The molecule has 0 aromatic heterocycles. The van der Waals surface area contributed by atoms with Gasteiger partial charge in [-0.2, -0.15) is 0 Å². The monoisotopic (exact) mass is 223 g/mol. The molecule has 0 bridgehead atoms. The van der Waals surface area contributed by atoms with Crippen molar-refractivity contribution in [1.82, 2.24) is 5.32 Å². The third-order valence-electron chi connectivity index (χ3n) is 2.16. The van der Waals surface area contributed by atoms with Crippen LogP contribution in [0.5, 0.6) is 5.75 Å². The Bertz CT molecular complexity index is 342. The van der Waals surface area contributed by atoms with Gasteiger partial charge in [-0.25, -0.2) is 0 Å². The van der Waals surface area contributed by atoms with Crippen LogP contribution in [-0.4, -0.2) is 24.4 Å². The SMILES string of the molecule is CNCc1cc(C)ccc1OCC(C)(C)O. The topological polar surface area (TPSA) is 41.5 Å². The molecule has 0 spiro atoms. The van der Waals surface area contributed by atoms with Crippen molar-refractivity contribution in [2.75, 3.05) is 13.7 Å². The molecule has 16 heavy (non-hydrogen) atoms. The van der Waals surface area contributed by atoms with Gasteiger partial charge >= 0.3 is 0 Å². The fourth-order valence-corrected chi connectivity index (χ4v) is 1.43. The Morgan fingerprint density at radius 1 is 1.38 bits per heavy atom. The summed E-state index contributed by atoms with van der Waals surface area (Å²) in [7, 11) is 1.90. The van der Waals surface area contributed by atoms with Crippen molar-refractivity contribution in [2.24, 2.45) is 0 Å². The highest BCUT2D eigenvalue weighted by Crippen LogP contribution is 2.21. The molecule has 0 unspecified atom stereocenters. The van der Waals surface area contributed by atoms with Crippen LogP contribution < -0.4 is 10.1 Å². The second kappa shape index (κ2) is 5.32. The van der Waals surface area contributed by atoms with Crippen LogP contribution in [0.15, 0.2) is 18.2 Å². The lowest BCUT2D eigenvalue weighted by atomic mass is 10.1. The molecule has 0 amide bonds. The number of rotatable bonds is 5. The minimum absolute atomic E-state index is 0.298. The lowest BCUT2D eigenvalue weighted by Crippen LogP contribution is -2.28. The maximum Gasteiger partial charge on any atom is 0.123 e. The lowest BCUT2D eigenvalue weighted by Gasteiger charge is -2.19. The highest BCUT2D eigenvalue weighted by molar-refractivity contribution is 5.36. The summed E-state index contributed by atoms with van der Waals surface area (Å²) < 4.78 is 5.62. The normalized spacial score (nSPS) is 11.6. The van der Waals surface area contributed by atoms with Gasteiger partial charge in [0.2, 0.25) is 0 Å². The molecule has 1 rings (SSSR count). The summed E-state index contributed by atoms with van der Waals surface area (Å²) in [6.45, 7) is 6.59. The molecule has 0 saturated heterocycles. The summed E-state index contributed by atoms with van der Waals surface area (Å²) >= 11 is 0. The van der Waals surface area contributed by atoms with Gasteiger partial charge in [0.25, 0.3) is 0 Å². The summed E-state index contributed by atoms with van der Waals surface area (Å²) in [5.41, 5.74) is 1.52. The number of ether oxygens (including phenoxy) is 1. The molecular formula is C13H21NO2. The van der Waals surface area contributed by atoms with Crippen molar-refractivity contribution in [3.8, 4) is 5.75 Å². The second-order valence-electron chi connectivity index (χ2n) is 4.74. The molecule has 1 aromatic carbocycles. The van der Waals surface area contributed by atoms with Crippen LogP contribution in [0.3, 0.4) is 0 Å². The quantitative estimate of drug-likeness (QED) is 0.800. The zero-order valence-corrected chi connectivity index (χ0v) is 10.5. The smallest absolute Gasteiger partial charge is 0.123 e. The Morgan fingerprint density at radius 2 is 2.06 bits per heavy atom. The van der Waals surface area contributed by atoms with E-state index < -0.39 is 5.60 Å². The minimum Gasteiger partial charge on any atom is -0.490 e. The van der Waals surface area contributed by atoms with Gasteiger partial charge in [-0.05, 0) is 33.9 Å². The molecule has 90 valence electrons.